The van der Waals surface area contributed by atoms with Gasteiger partial charge in [-0.2, -0.15) is 0 Å². The van der Waals surface area contributed by atoms with Gasteiger partial charge in [0.15, 0.2) is 9.84 Å². The van der Waals surface area contributed by atoms with Crippen LogP contribution < -0.4 is 5.32 Å². The maximum atomic E-state index is 11.3. The molecule has 0 unspecified atom stereocenters. The summed E-state index contributed by atoms with van der Waals surface area (Å²) in [6, 6.07) is 5.59. The topological polar surface area (TPSA) is 46.2 Å². The van der Waals surface area contributed by atoms with Crippen LogP contribution in [-0.2, 0) is 16.4 Å². The van der Waals surface area contributed by atoms with Crippen LogP contribution in [0, 0.1) is 0 Å². The Hall–Kier alpha value is -0.870. The van der Waals surface area contributed by atoms with Gasteiger partial charge in [-0.25, -0.2) is 8.42 Å². The fourth-order valence-corrected chi connectivity index (χ4v) is 2.40. The summed E-state index contributed by atoms with van der Waals surface area (Å²) in [5.41, 5.74) is 2.30. The Balaban J connectivity index is 2.56. The minimum atomic E-state index is -3.08. The molecule has 0 fully saturated rings. The molecule has 1 aromatic carbocycles. The molecule has 1 aromatic rings. The molecule has 4 heteroatoms. The second kappa shape index (κ2) is 3.07. The van der Waals surface area contributed by atoms with Gasteiger partial charge in [-0.3, -0.25) is 0 Å². The molecule has 3 nitrogen and oxygen atoms in total. The number of hydrogen-bond acceptors (Lipinski definition) is 3. The average Bonchev–Trinajstić information content (AvgIpc) is 2.46. The first-order valence-corrected chi connectivity index (χ1v) is 6.44. The van der Waals surface area contributed by atoms with Gasteiger partial charge < -0.3 is 5.32 Å². The van der Waals surface area contributed by atoms with Gasteiger partial charge in [-0.1, -0.05) is 6.07 Å². The molecule has 1 aliphatic rings. The second-order valence-corrected chi connectivity index (χ2v) is 5.75. The SMILES string of the molecule is C[C@H]1NCc2ccc(S(C)(=O)=O)cc21. The zero-order valence-corrected chi connectivity index (χ0v) is 9.06. The molecule has 14 heavy (non-hydrogen) atoms. The number of rotatable bonds is 1. The van der Waals surface area contributed by atoms with Gasteiger partial charge >= 0.3 is 0 Å². The fourth-order valence-electron chi connectivity index (χ4n) is 1.74. The molecule has 0 amide bonds. The summed E-state index contributed by atoms with van der Waals surface area (Å²) in [5, 5.41) is 3.27. The number of hydrogen-bond donors (Lipinski definition) is 1. The first-order valence-electron chi connectivity index (χ1n) is 4.55. The highest BCUT2D eigenvalue weighted by Gasteiger charge is 2.19. The van der Waals surface area contributed by atoms with E-state index in [0.717, 1.165) is 12.1 Å². The van der Waals surface area contributed by atoms with E-state index in [4.69, 9.17) is 0 Å². The molecule has 0 saturated heterocycles. The van der Waals surface area contributed by atoms with Crippen LogP contribution in [0.4, 0.5) is 0 Å². The molecule has 1 N–H and O–H groups in total. The van der Waals surface area contributed by atoms with Gasteiger partial charge in [0.1, 0.15) is 0 Å². The van der Waals surface area contributed by atoms with Crippen LogP contribution in [0.5, 0.6) is 0 Å². The molecule has 0 bridgehead atoms. The summed E-state index contributed by atoms with van der Waals surface area (Å²) in [6.45, 7) is 2.87. The van der Waals surface area contributed by atoms with Crippen LogP contribution >= 0.6 is 0 Å². The van der Waals surface area contributed by atoms with Gasteiger partial charge in [0.25, 0.3) is 0 Å². The van der Waals surface area contributed by atoms with E-state index in [-0.39, 0.29) is 6.04 Å². The summed E-state index contributed by atoms with van der Waals surface area (Å²) in [6.07, 6.45) is 1.24. The summed E-state index contributed by atoms with van der Waals surface area (Å²) >= 11 is 0. The van der Waals surface area contributed by atoms with Crippen LogP contribution in [0.1, 0.15) is 24.1 Å². The fraction of sp³-hybridized carbons (Fsp3) is 0.400. The van der Waals surface area contributed by atoms with E-state index in [1.807, 2.05) is 13.0 Å². The molecular weight excluding hydrogens is 198 g/mol. The van der Waals surface area contributed by atoms with E-state index in [2.05, 4.69) is 5.32 Å². The predicted octanol–water partition coefficient (Wildman–Crippen LogP) is 1.25. The summed E-state index contributed by atoms with van der Waals surface area (Å²) in [5.74, 6) is 0. The molecule has 1 heterocycles. The van der Waals surface area contributed by atoms with Crippen molar-refractivity contribution in [2.24, 2.45) is 0 Å². The monoisotopic (exact) mass is 211 g/mol. The molecule has 1 aliphatic heterocycles. The standard InChI is InChI=1S/C10H13NO2S/c1-7-10-5-9(14(2,12)13)4-3-8(10)6-11-7/h3-5,7,11H,6H2,1-2H3/t7-/m1/s1. The Morgan fingerprint density at radius 1 is 1.43 bits per heavy atom. The van der Waals surface area contributed by atoms with E-state index in [9.17, 15) is 8.42 Å². The molecule has 0 aliphatic carbocycles. The first kappa shape index (κ1) is 9.68. The maximum absolute atomic E-state index is 11.3. The molecular formula is C10H13NO2S. The molecule has 0 spiro atoms. The third kappa shape index (κ3) is 1.55. The Labute approximate surface area is 84.1 Å². The number of benzene rings is 1. The largest absolute Gasteiger partial charge is 0.306 e. The van der Waals surface area contributed by atoms with Gasteiger partial charge in [-0.05, 0) is 30.2 Å². The zero-order chi connectivity index (χ0) is 10.3. The Morgan fingerprint density at radius 2 is 2.14 bits per heavy atom. The molecule has 0 saturated carbocycles. The van der Waals surface area contributed by atoms with Crippen LogP contribution in [-0.4, -0.2) is 14.7 Å². The Morgan fingerprint density at radius 3 is 2.79 bits per heavy atom. The highest BCUT2D eigenvalue weighted by Crippen LogP contribution is 2.27. The van der Waals surface area contributed by atoms with Crippen LogP contribution in [0.2, 0.25) is 0 Å². The lowest BCUT2D eigenvalue weighted by atomic mass is 10.1. The average molecular weight is 211 g/mol. The molecule has 1 atom stereocenters. The molecule has 0 aromatic heterocycles. The third-order valence-electron chi connectivity index (χ3n) is 2.61. The maximum Gasteiger partial charge on any atom is 0.175 e. The lowest BCUT2D eigenvalue weighted by Gasteiger charge is -2.05. The number of sulfone groups is 1. The smallest absolute Gasteiger partial charge is 0.175 e. The van der Waals surface area contributed by atoms with E-state index in [1.54, 1.807) is 12.1 Å². The quantitative estimate of drug-likeness (QED) is 0.760. The van der Waals surface area contributed by atoms with Crippen molar-refractivity contribution in [2.75, 3.05) is 6.26 Å². The van der Waals surface area contributed by atoms with Crippen molar-refractivity contribution >= 4 is 9.84 Å². The highest BCUT2D eigenvalue weighted by atomic mass is 32.2. The van der Waals surface area contributed by atoms with Crippen LogP contribution in [0.25, 0.3) is 0 Å². The van der Waals surface area contributed by atoms with Gasteiger partial charge in [0.2, 0.25) is 0 Å². The zero-order valence-electron chi connectivity index (χ0n) is 8.24. The summed E-state index contributed by atoms with van der Waals surface area (Å²) in [7, 11) is -3.08. The number of fused-ring (bicyclic) bond motifs is 1. The van der Waals surface area contributed by atoms with Crippen molar-refractivity contribution in [3.8, 4) is 0 Å². The van der Waals surface area contributed by atoms with Gasteiger partial charge in [-0.15, -0.1) is 0 Å². The van der Waals surface area contributed by atoms with Crippen LogP contribution in [0.3, 0.4) is 0 Å². The van der Waals surface area contributed by atoms with Crippen molar-refractivity contribution < 1.29 is 8.42 Å². The predicted molar refractivity (Wildman–Crippen MR) is 54.8 cm³/mol. The van der Waals surface area contributed by atoms with E-state index in [1.165, 1.54) is 11.8 Å². The van der Waals surface area contributed by atoms with Gasteiger partial charge in [0.05, 0.1) is 4.90 Å². The van der Waals surface area contributed by atoms with E-state index >= 15 is 0 Å². The van der Waals surface area contributed by atoms with Crippen molar-refractivity contribution in [2.45, 2.75) is 24.4 Å². The lowest BCUT2D eigenvalue weighted by molar-refractivity contribution is 0.601. The molecule has 2 rings (SSSR count). The first-order chi connectivity index (χ1) is 6.48. The minimum Gasteiger partial charge on any atom is -0.306 e. The van der Waals surface area contributed by atoms with Crippen molar-refractivity contribution in [3.63, 3.8) is 0 Å². The summed E-state index contributed by atoms with van der Waals surface area (Å²) < 4.78 is 22.6. The summed E-state index contributed by atoms with van der Waals surface area (Å²) in [4.78, 5) is 0.409. The highest BCUT2D eigenvalue weighted by molar-refractivity contribution is 7.90. The normalized spacial score (nSPS) is 20.9. The third-order valence-corrected chi connectivity index (χ3v) is 3.72. The van der Waals surface area contributed by atoms with E-state index < -0.39 is 9.84 Å². The lowest BCUT2D eigenvalue weighted by Crippen LogP contribution is -2.07. The van der Waals surface area contributed by atoms with Crippen molar-refractivity contribution in [1.29, 1.82) is 0 Å². The Bertz CT molecular complexity index is 465. The Kier molecular flexibility index (Phi) is 2.12. The van der Waals surface area contributed by atoms with Crippen molar-refractivity contribution in [3.05, 3.63) is 29.3 Å². The van der Waals surface area contributed by atoms with Crippen molar-refractivity contribution in [1.82, 2.24) is 5.32 Å². The van der Waals surface area contributed by atoms with Gasteiger partial charge in [0, 0.05) is 18.8 Å². The molecule has 76 valence electrons. The molecule has 0 radical (unpaired) electrons. The minimum absolute atomic E-state index is 0.256. The number of nitrogens with one attached hydrogen (secondary N) is 1. The van der Waals surface area contributed by atoms with Crippen LogP contribution in [0.15, 0.2) is 23.1 Å². The second-order valence-electron chi connectivity index (χ2n) is 3.74. The van der Waals surface area contributed by atoms with E-state index in [0.29, 0.717) is 4.90 Å².